The third-order valence-corrected chi connectivity index (χ3v) is 7.98. The number of rotatable bonds is 2. The van der Waals surface area contributed by atoms with Crippen molar-refractivity contribution in [2.75, 3.05) is 6.79 Å². The minimum atomic E-state index is -0.827. The summed E-state index contributed by atoms with van der Waals surface area (Å²) in [6, 6.07) is 5.53. The number of hydrogen-bond donors (Lipinski definition) is 0. The Morgan fingerprint density at radius 2 is 1.89 bits per heavy atom. The number of hydrogen-bond acceptors (Lipinski definition) is 4. The first-order valence-corrected chi connectivity index (χ1v) is 10.5. The molecule has 6 nitrogen and oxygen atoms in total. The van der Waals surface area contributed by atoms with Crippen LogP contribution in [0.3, 0.4) is 0 Å². The average Bonchev–Trinajstić information content (AvgIpc) is 3.22. The van der Waals surface area contributed by atoms with E-state index in [0.29, 0.717) is 23.0 Å². The maximum atomic E-state index is 13.6. The van der Waals surface area contributed by atoms with Crippen LogP contribution in [-0.2, 0) is 4.79 Å². The molecule has 28 heavy (non-hydrogen) atoms. The molecular formula is C22H26N2O4. The quantitative estimate of drug-likeness (QED) is 0.788. The van der Waals surface area contributed by atoms with Crippen molar-refractivity contribution in [2.45, 2.75) is 57.5 Å². The molecule has 2 amide bonds. The van der Waals surface area contributed by atoms with Crippen LogP contribution in [0, 0.1) is 23.7 Å². The first-order chi connectivity index (χ1) is 13.5. The summed E-state index contributed by atoms with van der Waals surface area (Å²) in [5, 5.41) is 3.50. The Labute approximate surface area is 164 Å². The number of amides is 2. The Bertz CT molecular complexity index is 881. The van der Waals surface area contributed by atoms with E-state index >= 15 is 0 Å². The summed E-state index contributed by atoms with van der Waals surface area (Å²) in [7, 11) is 0. The Morgan fingerprint density at radius 1 is 1.07 bits per heavy atom. The molecule has 6 rings (SSSR count). The van der Waals surface area contributed by atoms with Gasteiger partial charge in [0, 0.05) is 0 Å². The minimum Gasteiger partial charge on any atom is -0.454 e. The SMILES string of the molecule is CC1(C)C(=O)N(C2CCC3CC4CC2CC34)N1C(=O)c1cccc2c1OCO2. The van der Waals surface area contributed by atoms with Gasteiger partial charge in [0.1, 0.15) is 5.54 Å². The van der Waals surface area contributed by atoms with Crippen LogP contribution in [0.2, 0.25) is 0 Å². The monoisotopic (exact) mass is 382 g/mol. The van der Waals surface area contributed by atoms with Gasteiger partial charge < -0.3 is 9.47 Å². The van der Waals surface area contributed by atoms with Crippen molar-refractivity contribution in [1.82, 2.24) is 10.0 Å². The van der Waals surface area contributed by atoms with Crippen molar-refractivity contribution < 1.29 is 19.1 Å². The molecule has 0 radical (unpaired) electrons. The van der Waals surface area contributed by atoms with Crippen molar-refractivity contribution in [3.8, 4) is 11.5 Å². The van der Waals surface area contributed by atoms with E-state index in [1.54, 1.807) is 28.2 Å². The second-order valence-electron chi connectivity index (χ2n) is 9.66. The maximum Gasteiger partial charge on any atom is 0.277 e. The first-order valence-electron chi connectivity index (χ1n) is 10.5. The number of hydrazine groups is 1. The number of ether oxygens (including phenoxy) is 2. The van der Waals surface area contributed by atoms with Crippen molar-refractivity contribution in [3.05, 3.63) is 23.8 Å². The molecule has 0 N–H and O–H groups in total. The van der Waals surface area contributed by atoms with Gasteiger partial charge in [0.2, 0.25) is 6.79 Å². The van der Waals surface area contributed by atoms with Crippen LogP contribution in [0.1, 0.15) is 56.3 Å². The second-order valence-corrected chi connectivity index (χ2v) is 9.66. The highest BCUT2D eigenvalue weighted by Gasteiger charge is 2.61. The smallest absolute Gasteiger partial charge is 0.277 e. The van der Waals surface area contributed by atoms with Crippen LogP contribution in [-0.4, -0.2) is 40.2 Å². The van der Waals surface area contributed by atoms with Crippen LogP contribution in [0.4, 0.5) is 0 Å². The maximum absolute atomic E-state index is 13.6. The number of carbonyl (C=O) groups is 2. The van der Waals surface area contributed by atoms with Crippen LogP contribution in [0.25, 0.3) is 0 Å². The topological polar surface area (TPSA) is 59.1 Å². The molecular weight excluding hydrogens is 356 g/mol. The summed E-state index contributed by atoms with van der Waals surface area (Å²) >= 11 is 0. The van der Waals surface area contributed by atoms with E-state index in [2.05, 4.69) is 0 Å². The van der Waals surface area contributed by atoms with Crippen LogP contribution in [0.15, 0.2) is 18.2 Å². The van der Waals surface area contributed by atoms with Gasteiger partial charge in [-0.1, -0.05) is 6.07 Å². The summed E-state index contributed by atoms with van der Waals surface area (Å²) in [5.41, 5.74) is -0.353. The second kappa shape index (κ2) is 5.43. The molecule has 3 aliphatic carbocycles. The van der Waals surface area contributed by atoms with E-state index in [4.69, 9.17) is 9.47 Å². The summed E-state index contributed by atoms with van der Waals surface area (Å²) in [4.78, 5) is 26.7. The van der Waals surface area contributed by atoms with E-state index < -0.39 is 5.54 Å². The van der Waals surface area contributed by atoms with Crippen molar-refractivity contribution in [1.29, 1.82) is 0 Å². The van der Waals surface area contributed by atoms with Gasteiger partial charge in [0.25, 0.3) is 11.8 Å². The summed E-state index contributed by atoms with van der Waals surface area (Å²) in [5.74, 6) is 4.07. The first kappa shape index (κ1) is 16.7. The Hall–Kier alpha value is -2.24. The number of nitrogens with zero attached hydrogens (tertiary/aromatic N) is 2. The van der Waals surface area contributed by atoms with Gasteiger partial charge in [-0.05, 0) is 81.8 Å². The molecule has 2 heterocycles. The number of carbonyl (C=O) groups excluding carboxylic acids is 2. The van der Waals surface area contributed by atoms with Crippen molar-refractivity contribution in [3.63, 3.8) is 0 Å². The van der Waals surface area contributed by atoms with Crippen LogP contribution in [0.5, 0.6) is 11.5 Å². The molecule has 1 aromatic rings. The van der Waals surface area contributed by atoms with E-state index in [9.17, 15) is 9.59 Å². The fraction of sp³-hybridized carbons (Fsp3) is 0.636. The van der Waals surface area contributed by atoms with Crippen molar-refractivity contribution in [2.24, 2.45) is 23.7 Å². The molecule has 2 bridgehead atoms. The number of fused-ring (bicyclic) bond motifs is 2. The van der Waals surface area contributed by atoms with E-state index in [0.717, 1.165) is 24.2 Å². The lowest BCUT2D eigenvalue weighted by Gasteiger charge is -2.59. The molecule has 5 aliphatic rings. The lowest BCUT2D eigenvalue weighted by molar-refractivity contribution is -0.213. The van der Waals surface area contributed by atoms with Gasteiger partial charge >= 0.3 is 0 Å². The van der Waals surface area contributed by atoms with E-state index in [-0.39, 0.29) is 24.6 Å². The Kier molecular flexibility index (Phi) is 3.23. The lowest BCUT2D eigenvalue weighted by atomic mass is 9.64. The third-order valence-electron chi connectivity index (χ3n) is 7.98. The van der Waals surface area contributed by atoms with Gasteiger partial charge in [-0.3, -0.25) is 9.59 Å². The van der Waals surface area contributed by atoms with Gasteiger partial charge in [0.05, 0.1) is 11.6 Å². The predicted molar refractivity (Wildman–Crippen MR) is 100 cm³/mol. The number of benzene rings is 1. The lowest BCUT2D eigenvalue weighted by Crippen LogP contribution is -2.79. The fourth-order valence-corrected chi connectivity index (χ4v) is 6.56. The Morgan fingerprint density at radius 3 is 2.75 bits per heavy atom. The van der Waals surface area contributed by atoms with Gasteiger partial charge in [-0.25, -0.2) is 10.0 Å². The minimum absolute atomic E-state index is 0.0645. The van der Waals surface area contributed by atoms with E-state index in [1.165, 1.54) is 25.7 Å². The fourth-order valence-electron chi connectivity index (χ4n) is 6.56. The van der Waals surface area contributed by atoms with Crippen LogP contribution < -0.4 is 9.47 Å². The average molecular weight is 382 g/mol. The largest absolute Gasteiger partial charge is 0.454 e. The molecule has 5 unspecified atom stereocenters. The van der Waals surface area contributed by atoms with Gasteiger partial charge in [-0.2, -0.15) is 0 Å². The molecule has 0 spiro atoms. The molecule has 2 aliphatic heterocycles. The molecule has 0 aromatic heterocycles. The molecule has 1 aromatic carbocycles. The summed E-state index contributed by atoms with van der Waals surface area (Å²) in [6.45, 7) is 3.81. The summed E-state index contributed by atoms with van der Waals surface area (Å²) in [6.07, 6.45) is 6.02. The molecule has 4 fully saturated rings. The number of para-hydroxylation sites is 1. The molecule has 6 heteroatoms. The molecule has 3 saturated carbocycles. The third kappa shape index (κ3) is 1.98. The molecule has 5 atom stereocenters. The van der Waals surface area contributed by atoms with Gasteiger partial charge in [-0.15, -0.1) is 0 Å². The van der Waals surface area contributed by atoms with Crippen molar-refractivity contribution >= 4 is 11.8 Å². The summed E-state index contributed by atoms with van der Waals surface area (Å²) < 4.78 is 11.0. The zero-order valence-electron chi connectivity index (χ0n) is 16.4. The van der Waals surface area contributed by atoms with Crippen LogP contribution >= 0.6 is 0 Å². The standard InChI is InChI=1S/C22H26N2O4/c1-22(2)21(26)23(17-7-6-12-8-13-9-14(17)10-16(12)13)24(22)20(25)15-4-3-5-18-19(15)28-11-27-18/h3-5,12-14,16-17H,6-11H2,1-2H3. The zero-order valence-corrected chi connectivity index (χ0v) is 16.4. The van der Waals surface area contributed by atoms with E-state index in [1.807, 2.05) is 13.8 Å². The Balaban J connectivity index is 1.34. The van der Waals surface area contributed by atoms with Gasteiger partial charge in [0.15, 0.2) is 11.5 Å². The highest BCUT2D eigenvalue weighted by atomic mass is 16.7. The molecule has 1 saturated heterocycles. The highest BCUT2D eigenvalue weighted by Crippen LogP contribution is 2.60. The zero-order chi connectivity index (χ0) is 19.2. The predicted octanol–water partition coefficient (Wildman–Crippen LogP) is 3.22. The normalized spacial score (nSPS) is 36.6. The molecule has 148 valence electrons. The highest BCUT2D eigenvalue weighted by molar-refractivity contribution is 6.06.